The van der Waals surface area contributed by atoms with Crippen molar-refractivity contribution < 1.29 is 33.4 Å². The van der Waals surface area contributed by atoms with E-state index in [1.54, 1.807) is 23.1 Å². The number of piperidine rings is 2. The van der Waals surface area contributed by atoms with Crippen molar-refractivity contribution in [1.82, 2.24) is 20.0 Å². The molecule has 0 bridgehead atoms. The molecule has 4 aliphatic rings. The molecule has 5 amide bonds. The number of ether oxygens (including phenoxy) is 2. The number of likely N-dealkylation sites (tertiary alicyclic amines) is 1. The van der Waals surface area contributed by atoms with Gasteiger partial charge >= 0.3 is 6.09 Å². The summed E-state index contributed by atoms with van der Waals surface area (Å²) in [7, 11) is 2.12. The van der Waals surface area contributed by atoms with E-state index in [4.69, 9.17) is 9.47 Å². The molecule has 1 unspecified atom stereocenters. The Morgan fingerprint density at radius 1 is 0.974 bits per heavy atom. The molecule has 1 saturated carbocycles. The number of amides is 5. The number of nitrogens with one attached hydrogen (secondary N) is 1. The van der Waals surface area contributed by atoms with E-state index in [1.165, 1.54) is 0 Å². The smallest absolute Gasteiger partial charge is 0.410 e. The van der Waals surface area contributed by atoms with Crippen LogP contribution in [0.3, 0.4) is 0 Å². The SMILES string of the molecule is CN(C1CCN(C(=O)OC(C)(C)C)CC1)C1CC(Oc2ccc3c(c2)C(=O)N(C2CCC(=O)NC2=O)C3=O)C1. The maximum atomic E-state index is 13.1. The molecule has 11 nitrogen and oxygen atoms in total. The number of hydrogen-bond acceptors (Lipinski definition) is 8. The van der Waals surface area contributed by atoms with Crippen LogP contribution in [-0.2, 0) is 14.3 Å². The highest BCUT2D eigenvalue weighted by molar-refractivity contribution is 6.23. The maximum Gasteiger partial charge on any atom is 0.410 e. The van der Waals surface area contributed by atoms with Gasteiger partial charge in [-0.3, -0.25) is 29.4 Å². The van der Waals surface area contributed by atoms with Crippen LogP contribution in [0.15, 0.2) is 18.2 Å². The van der Waals surface area contributed by atoms with E-state index < -0.39 is 35.3 Å². The Hall–Kier alpha value is -3.47. The van der Waals surface area contributed by atoms with Gasteiger partial charge in [-0.25, -0.2) is 4.79 Å². The van der Waals surface area contributed by atoms with Crippen molar-refractivity contribution in [3.63, 3.8) is 0 Å². The van der Waals surface area contributed by atoms with Gasteiger partial charge in [0, 0.05) is 44.4 Å². The lowest BCUT2D eigenvalue weighted by Gasteiger charge is -2.46. The van der Waals surface area contributed by atoms with Crippen LogP contribution in [0.4, 0.5) is 4.79 Å². The van der Waals surface area contributed by atoms with E-state index >= 15 is 0 Å². The molecule has 0 aromatic heterocycles. The van der Waals surface area contributed by atoms with Crippen LogP contribution in [0.25, 0.3) is 0 Å². The molecule has 3 aliphatic heterocycles. The number of fused-ring (bicyclic) bond motifs is 1. The Labute approximate surface area is 227 Å². The van der Waals surface area contributed by atoms with E-state index in [9.17, 15) is 24.0 Å². The number of imide groups is 2. The Kier molecular flexibility index (Phi) is 7.13. The first kappa shape index (κ1) is 27.1. The minimum Gasteiger partial charge on any atom is -0.490 e. The van der Waals surface area contributed by atoms with Gasteiger partial charge in [-0.1, -0.05) is 0 Å². The summed E-state index contributed by atoms with van der Waals surface area (Å²) in [4.78, 5) is 67.1. The minimum absolute atomic E-state index is 0.00389. The van der Waals surface area contributed by atoms with Gasteiger partial charge in [0.25, 0.3) is 11.8 Å². The molecule has 39 heavy (non-hydrogen) atoms. The molecule has 210 valence electrons. The summed E-state index contributed by atoms with van der Waals surface area (Å²) in [5, 5.41) is 2.20. The average molecular weight is 541 g/mol. The van der Waals surface area contributed by atoms with Crippen LogP contribution < -0.4 is 10.1 Å². The third-order valence-corrected chi connectivity index (χ3v) is 8.05. The fraction of sp³-hybridized carbons (Fsp3) is 0.607. The molecule has 11 heteroatoms. The van der Waals surface area contributed by atoms with E-state index in [0.29, 0.717) is 30.9 Å². The number of hydrogen-bond donors (Lipinski definition) is 1. The normalized spacial score (nSPS) is 25.9. The van der Waals surface area contributed by atoms with Gasteiger partial charge < -0.3 is 19.3 Å². The summed E-state index contributed by atoms with van der Waals surface area (Å²) in [6, 6.07) is 4.59. The highest BCUT2D eigenvalue weighted by Gasteiger charge is 2.45. The fourth-order valence-electron chi connectivity index (χ4n) is 5.76. The lowest BCUT2D eigenvalue weighted by Crippen LogP contribution is -2.54. The topological polar surface area (TPSA) is 126 Å². The monoisotopic (exact) mass is 540 g/mol. The molecule has 1 atom stereocenters. The quantitative estimate of drug-likeness (QED) is 0.564. The van der Waals surface area contributed by atoms with E-state index in [1.807, 2.05) is 20.8 Å². The summed E-state index contributed by atoms with van der Waals surface area (Å²) in [6.45, 7) is 6.97. The van der Waals surface area contributed by atoms with Crippen molar-refractivity contribution in [2.75, 3.05) is 20.1 Å². The molecule has 1 aliphatic carbocycles. The molecule has 1 aromatic carbocycles. The van der Waals surface area contributed by atoms with Crippen LogP contribution in [-0.4, -0.2) is 94.4 Å². The standard InChI is InChI=1S/C28H36N4O7/c1-28(2,3)39-27(37)31-11-9-16(10-12-31)30(4)17-13-19(14-17)38-18-5-6-20-21(15-18)26(36)32(25(20)35)22-7-8-23(33)29-24(22)34/h5-6,15-17,19,22H,7-14H2,1-4H3,(H,29,33,34). The number of benzene rings is 1. The zero-order valence-corrected chi connectivity index (χ0v) is 22.9. The second-order valence-electron chi connectivity index (χ2n) is 11.9. The third-order valence-electron chi connectivity index (χ3n) is 8.05. The molecule has 2 saturated heterocycles. The van der Waals surface area contributed by atoms with Gasteiger partial charge in [-0.15, -0.1) is 0 Å². The Morgan fingerprint density at radius 2 is 1.64 bits per heavy atom. The van der Waals surface area contributed by atoms with Crippen LogP contribution in [0.1, 0.15) is 80.0 Å². The number of nitrogens with zero attached hydrogens (tertiary/aromatic N) is 3. The van der Waals surface area contributed by atoms with Crippen LogP contribution in [0, 0.1) is 0 Å². The zero-order chi connectivity index (χ0) is 28.1. The van der Waals surface area contributed by atoms with Crippen molar-refractivity contribution in [3.05, 3.63) is 29.3 Å². The molecule has 3 heterocycles. The van der Waals surface area contributed by atoms with Crippen molar-refractivity contribution in [1.29, 1.82) is 0 Å². The fourth-order valence-corrected chi connectivity index (χ4v) is 5.76. The average Bonchev–Trinajstić information content (AvgIpc) is 3.09. The van der Waals surface area contributed by atoms with Gasteiger partial charge in [0.15, 0.2) is 0 Å². The first-order valence-corrected chi connectivity index (χ1v) is 13.6. The van der Waals surface area contributed by atoms with Gasteiger partial charge in [0.1, 0.15) is 23.5 Å². The van der Waals surface area contributed by atoms with Crippen molar-refractivity contribution in [2.45, 2.75) is 89.1 Å². The van der Waals surface area contributed by atoms with Gasteiger partial charge in [0.05, 0.1) is 11.1 Å². The summed E-state index contributed by atoms with van der Waals surface area (Å²) in [5.74, 6) is -1.59. The van der Waals surface area contributed by atoms with Crippen molar-refractivity contribution in [3.8, 4) is 5.75 Å². The molecular formula is C28H36N4O7. The lowest BCUT2D eigenvalue weighted by atomic mass is 9.86. The highest BCUT2D eigenvalue weighted by Crippen LogP contribution is 2.35. The highest BCUT2D eigenvalue weighted by atomic mass is 16.6. The van der Waals surface area contributed by atoms with Gasteiger partial charge in [0.2, 0.25) is 11.8 Å². The predicted molar refractivity (Wildman–Crippen MR) is 139 cm³/mol. The summed E-state index contributed by atoms with van der Waals surface area (Å²) < 4.78 is 11.6. The number of rotatable bonds is 5. The molecule has 3 fully saturated rings. The first-order chi connectivity index (χ1) is 18.4. The van der Waals surface area contributed by atoms with Crippen LogP contribution >= 0.6 is 0 Å². The van der Waals surface area contributed by atoms with Gasteiger partial charge in [-0.2, -0.15) is 0 Å². The van der Waals surface area contributed by atoms with Crippen LogP contribution in [0.2, 0.25) is 0 Å². The van der Waals surface area contributed by atoms with E-state index in [-0.39, 0.29) is 36.2 Å². The van der Waals surface area contributed by atoms with Gasteiger partial charge in [-0.05, 0) is 65.3 Å². The zero-order valence-electron chi connectivity index (χ0n) is 22.9. The maximum absolute atomic E-state index is 13.1. The third kappa shape index (κ3) is 5.50. The molecule has 0 radical (unpaired) electrons. The predicted octanol–water partition coefficient (Wildman–Crippen LogP) is 2.33. The van der Waals surface area contributed by atoms with E-state index in [0.717, 1.165) is 30.6 Å². The number of carbonyl (C=O) groups excluding carboxylic acids is 5. The first-order valence-electron chi connectivity index (χ1n) is 13.6. The van der Waals surface area contributed by atoms with Crippen LogP contribution in [0.5, 0.6) is 5.75 Å². The Balaban J connectivity index is 1.12. The second kappa shape index (κ2) is 10.3. The molecular weight excluding hydrogens is 504 g/mol. The molecule has 5 rings (SSSR count). The van der Waals surface area contributed by atoms with Crippen molar-refractivity contribution >= 4 is 29.7 Å². The Morgan fingerprint density at radius 3 is 2.28 bits per heavy atom. The largest absolute Gasteiger partial charge is 0.490 e. The molecule has 1 N–H and O–H groups in total. The van der Waals surface area contributed by atoms with E-state index in [2.05, 4.69) is 17.3 Å². The summed E-state index contributed by atoms with van der Waals surface area (Å²) in [6.07, 6.45) is 3.41. The van der Waals surface area contributed by atoms with Crippen molar-refractivity contribution in [2.24, 2.45) is 0 Å². The Bertz CT molecular complexity index is 1190. The summed E-state index contributed by atoms with van der Waals surface area (Å²) in [5.41, 5.74) is -0.0480. The summed E-state index contributed by atoms with van der Waals surface area (Å²) >= 11 is 0. The lowest BCUT2D eigenvalue weighted by molar-refractivity contribution is -0.136. The minimum atomic E-state index is -0.988. The second-order valence-corrected chi connectivity index (χ2v) is 11.9. The molecule has 1 aromatic rings. The molecule has 0 spiro atoms. The number of carbonyl (C=O) groups is 5.